The third kappa shape index (κ3) is 2.16. The van der Waals surface area contributed by atoms with Gasteiger partial charge in [-0.1, -0.05) is 62.4 Å². The minimum absolute atomic E-state index is 0.0669. The lowest BCUT2D eigenvalue weighted by Gasteiger charge is -2.57. The van der Waals surface area contributed by atoms with E-state index in [4.69, 9.17) is 0 Å². The van der Waals surface area contributed by atoms with Gasteiger partial charge in [0.1, 0.15) is 5.69 Å². The fourth-order valence-corrected chi connectivity index (χ4v) is 6.92. The molecule has 0 saturated carbocycles. The smallest absolute Gasteiger partial charge is 0.274 e. The summed E-state index contributed by atoms with van der Waals surface area (Å²) >= 11 is 0. The summed E-state index contributed by atoms with van der Waals surface area (Å²) in [4.78, 5) is 40.9. The van der Waals surface area contributed by atoms with Crippen LogP contribution in [0.4, 0.5) is 11.4 Å². The Bertz CT molecular complexity index is 1340. The number of nitrogens with zero attached hydrogens (tertiary/aromatic N) is 2. The number of nitro groups is 1. The molecule has 2 bridgehead atoms. The number of imide groups is 1. The highest BCUT2D eigenvalue weighted by molar-refractivity contribution is 6.25. The zero-order valence-corrected chi connectivity index (χ0v) is 19.5. The molecule has 3 aliphatic carbocycles. The summed E-state index contributed by atoms with van der Waals surface area (Å²) in [7, 11) is 0. The number of hydrogen-bond acceptors (Lipinski definition) is 4. The number of carbonyl (C=O) groups is 2. The SMILES string of the molecule is Cc1cc(N2C(=O)[C@H]3[C@H](C2=O)C2(C)c4ccccc4C3(C)c3ccccc32)c([N+](=O)[O-])cc1C. The number of aryl methyl sites for hydroxylation is 2. The topological polar surface area (TPSA) is 80.5 Å². The minimum Gasteiger partial charge on any atom is -0.274 e. The average molecular weight is 453 g/mol. The Hall–Kier alpha value is -3.80. The summed E-state index contributed by atoms with van der Waals surface area (Å²) in [5.74, 6) is -2.01. The first-order valence-electron chi connectivity index (χ1n) is 11.5. The van der Waals surface area contributed by atoms with E-state index >= 15 is 0 Å². The Morgan fingerprint density at radius 3 is 1.53 bits per heavy atom. The van der Waals surface area contributed by atoms with Gasteiger partial charge in [-0.05, 0) is 53.3 Å². The lowest BCUT2D eigenvalue weighted by atomic mass is 9.42. The average Bonchev–Trinajstić information content (AvgIpc) is 3.10. The molecule has 0 N–H and O–H groups in total. The first-order chi connectivity index (χ1) is 16.1. The maximum atomic E-state index is 14.2. The molecule has 6 nitrogen and oxygen atoms in total. The Kier molecular flexibility index (Phi) is 3.92. The van der Waals surface area contributed by atoms with Crippen molar-refractivity contribution in [1.29, 1.82) is 0 Å². The molecule has 3 aromatic carbocycles. The van der Waals surface area contributed by atoms with Gasteiger partial charge in [0.15, 0.2) is 0 Å². The third-order valence-electron chi connectivity index (χ3n) is 8.67. The molecule has 7 rings (SSSR count). The summed E-state index contributed by atoms with van der Waals surface area (Å²) in [6.07, 6.45) is 0. The quantitative estimate of drug-likeness (QED) is 0.313. The van der Waals surface area contributed by atoms with Gasteiger partial charge in [0, 0.05) is 16.9 Å². The summed E-state index contributed by atoms with van der Waals surface area (Å²) in [6, 6.07) is 19.2. The van der Waals surface area contributed by atoms with Gasteiger partial charge in [-0.25, -0.2) is 4.90 Å². The summed E-state index contributed by atoms with van der Waals surface area (Å²) < 4.78 is 0. The molecular weight excluding hydrogens is 428 g/mol. The van der Waals surface area contributed by atoms with Crippen molar-refractivity contribution >= 4 is 23.2 Å². The molecule has 1 aliphatic heterocycles. The third-order valence-corrected chi connectivity index (χ3v) is 8.67. The molecule has 1 heterocycles. The number of anilines is 1. The fourth-order valence-electron chi connectivity index (χ4n) is 6.92. The summed E-state index contributed by atoms with van der Waals surface area (Å²) in [5.41, 5.74) is 4.15. The van der Waals surface area contributed by atoms with Gasteiger partial charge < -0.3 is 0 Å². The molecule has 6 heteroatoms. The van der Waals surface area contributed by atoms with Gasteiger partial charge in [-0.15, -0.1) is 0 Å². The van der Waals surface area contributed by atoms with Crippen LogP contribution in [-0.2, 0) is 20.4 Å². The van der Waals surface area contributed by atoms with Crippen LogP contribution >= 0.6 is 0 Å². The zero-order valence-electron chi connectivity index (χ0n) is 19.5. The van der Waals surface area contributed by atoms with Crippen molar-refractivity contribution < 1.29 is 14.5 Å². The van der Waals surface area contributed by atoms with Crippen molar-refractivity contribution in [3.8, 4) is 0 Å². The van der Waals surface area contributed by atoms with Gasteiger partial charge >= 0.3 is 0 Å². The second-order valence-corrected chi connectivity index (χ2v) is 10.1. The number of carbonyl (C=O) groups excluding carboxylic acids is 2. The lowest BCUT2D eigenvalue weighted by Crippen LogP contribution is -2.59. The second-order valence-electron chi connectivity index (χ2n) is 10.1. The first-order valence-corrected chi connectivity index (χ1v) is 11.5. The van der Waals surface area contributed by atoms with Crippen LogP contribution in [0.1, 0.15) is 47.2 Å². The van der Waals surface area contributed by atoms with Gasteiger partial charge in [0.2, 0.25) is 11.8 Å². The van der Waals surface area contributed by atoms with Gasteiger partial charge in [0.25, 0.3) is 5.69 Å². The molecule has 0 radical (unpaired) electrons. The van der Waals surface area contributed by atoms with E-state index in [1.54, 1.807) is 13.0 Å². The fraction of sp³-hybridized carbons (Fsp3) is 0.286. The minimum atomic E-state index is -0.717. The number of rotatable bonds is 2. The molecule has 3 aromatic rings. The normalized spacial score (nSPS) is 28.5. The highest BCUT2D eigenvalue weighted by Gasteiger charge is 2.71. The maximum absolute atomic E-state index is 14.2. The van der Waals surface area contributed by atoms with E-state index in [0.29, 0.717) is 0 Å². The molecule has 0 spiro atoms. The monoisotopic (exact) mass is 452 g/mol. The van der Waals surface area contributed by atoms with Crippen molar-refractivity contribution in [3.05, 3.63) is 104 Å². The Morgan fingerprint density at radius 1 is 0.765 bits per heavy atom. The van der Waals surface area contributed by atoms with E-state index < -0.39 is 27.6 Å². The van der Waals surface area contributed by atoms with Crippen LogP contribution in [0.3, 0.4) is 0 Å². The van der Waals surface area contributed by atoms with Crippen molar-refractivity contribution in [2.24, 2.45) is 11.8 Å². The van der Waals surface area contributed by atoms with Crippen LogP contribution in [0, 0.1) is 35.8 Å². The van der Waals surface area contributed by atoms with E-state index in [-0.39, 0.29) is 23.2 Å². The molecule has 0 unspecified atom stereocenters. The lowest BCUT2D eigenvalue weighted by molar-refractivity contribution is -0.384. The standard InChI is InChI=1S/C28H24N2O4/c1-15-13-21(22(30(33)34)14-16(15)2)29-25(31)23-24(26(29)32)28(4)19-11-7-5-9-17(19)27(23,3)18-10-6-8-12-20(18)28/h5-14,23-24H,1-4H3/t23-,24-,27?,28?/m1/s1. The van der Waals surface area contributed by atoms with Crippen molar-refractivity contribution in [2.75, 3.05) is 4.90 Å². The van der Waals surface area contributed by atoms with Crippen LogP contribution in [0.15, 0.2) is 60.7 Å². The molecule has 0 aromatic heterocycles. The Balaban J connectivity index is 1.65. The summed E-state index contributed by atoms with van der Waals surface area (Å²) in [5, 5.41) is 12.0. The highest BCUT2D eigenvalue weighted by Crippen LogP contribution is 2.66. The molecular formula is C28H24N2O4. The molecule has 2 atom stereocenters. The predicted octanol–water partition coefficient (Wildman–Crippen LogP) is 4.96. The van der Waals surface area contributed by atoms with Crippen molar-refractivity contribution in [1.82, 2.24) is 0 Å². The first kappa shape index (κ1) is 20.8. The number of benzene rings is 3. The molecule has 4 aliphatic rings. The Morgan fingerprint density at radius 2 is 1.15 bits per heavy atom. The number of amides is 2. The largest absolute Gasteiger partial charge is 0.293 e. The van der Waals surface area contributed by atoms with Crippen molar-refractivity contribution in [2.45, 2.75) is 38.5 Å². The van der Waals surface area contributed by atoms with E-state index in [1.807, 2.05) is 45.0 Å². The molecule has 1 fully saturated rings. The molecule has 34 heavy (non-hydrogen) atoms. The van der Waals surface area contributed by atoms with E-state index in [1.165, 1.54) is 6.07 Å². The van der Waals surface area contributed by atoms with Gasteiger partial charge in [-0.2, -0.15) is 0 Å². The van der Waals surface area contributed by atoms with Crippen LogP contribution in [-0.4, -0.2) is 16.7 Å². The molecule has 170 valence electrons. The second kappa shape index (κ2) is 6.41. The predicted molar refractivity (Wildman–Crippen MR) is 128 cm³/mol. The van der Waals surface area contributed by atoms with E-state index in [9.17, 15) is 19.7 Å². The summed E-state index contributed by atoms with van der Waals surface area (Å²) in [6.45, 7) is 7.71. The zero-order chi connectivity index (χ0) is 24.2. The molecule has 2 amide bonds. The van der Waals surface area contributed by atoms with E-state index in [0.717, 1.165) is 38.3 Å². The van der Waals surface area contributed by atoms with Crippen LogP contribution < -0.4 is 4.90 Å². The van der Waals surface area contributed by atoms with E-state index in [2.05, 4.69) is 24.3 Å². The Labute approximate surface area is 197 Å². The number of nitro benzene ring substituents is 1. The van der Waals surface area contributed by atoms with Gasteiger partial charge in [-0.3, -0.25) is 19.7 Å². The van der Waals surface area contributed by atoms with Crippen LogP contribution in [0.5, 0.6) is 0 Å². The maximum Gasteiger partial charge on any atom is 0.293 e. The van der Waals surface area contributed by atoms with Crippen LogP contribution in [0.2, 0.25) is 0 Å². The molecule has 1 saturated heterocycles. The number of hydrogen-bond donors (Lipinski definition) is 0. The highest BCUT2D eigenvalue weighted by atomic mass is 16.6. The van der Waals surface area contributed by atoms with Crippen LogP contribution in [0.25, 0.3) is 0 Å². The van der Waals surface area contributed by atoms with Gasteiger partial charge in [0.05, 0.1) is 16.8 Å². The van der Waals surface area contributed by atoms with Crippen molar-refractivity contribution in [3.63, 3.8) is 0 Å².